The quantitative estimate of drug-likeness (QED) is 0.926. The zero-order valence-corrected chi connectivity index (χ0v) is 11.6. The smallest absolute Gasteiger partial charge is 0.390 e. The van der Waals surface area contributed by atoms with E-state index < -0.39 is 11.7 Å². The summed E-state index contributed by atoms with van der Waals surface area (Å²) in [6.07, 6.45) is -3.85. The van der Waals surface area contributed by atoms with Crippen molar-refractivity contribution in [2.75, 3.05) is 11.9 Å². The first-order valence-electron chi connectivity index (χ1n) is 5.97. The average molecular weight is 322 g/mol. The van der Waals surface area contributed by atoms with Crippen molar-refractivity contribution in [3.63, 3.8) is 0 Å². The average Bonchev–Trinajstić information content (AvgIpc) is 2.85. The molecular formula is C12H11ClF3N3O2. The molecule has 1 atom stereocenters. The molecule has 9 heteroatoms. The van der Waals surface area contributed by atoms with Crippen LogP contribution in [0, 0.1) is 0 Å². The molecule has 0 radical (unpaired) electrons. The molecule has 1 N–H and O–H groups in total. The van der Waals surface area contributed by atoms with Crippen LogP contribution in [-0.4, -0.2) is 29.1 Å². The number of nitrogens with zero attached hydrogens (tertiary/aromatic N) is 2. The zero-order valence-electron chi connectivity index (χ0n) is 10.9. The Bertz CT molecular complexity index is 590. The van der Waals surface area contributed by atoms with Crippen molar-refractivity contribution in [3.8, 4) is 0 Å². The van der Waals surface area contributed by atoms with E-state index in [1.807, 2.05) is 0 Å². The number of pyridine rings is 1. The van der Waals surface area contributed by atoms with Crippen LogP contribution < -0.4 is 5.32 Å². The number of hydrogen-bond acceptors (Lipinski definition) is 5. The lowest BCUT2D eigenvalue weighted by atomic mass is 10.1. The number of oxime groups is 1. The molecule has 1 aliphatic heterocycles. The van der Waals surface area contributed by atoms with Gasteiger partial charge in [0.25, 0.3) is 0 Å². The molecule has 0 spiro atoms. The van der Waals surface area contributed by atoms with E-state index in [9.17, 15) is 18.0 Å². The third kappa shape index (κ3) is 3.84. The molecule has 0 unspecified atom stereocenters. The van der Waals surface area contributed by atoms with Crippen LogP contribution >= 0.6 is 11.6 Å². The molecule has 0 fully saturated rings. The summed E-state index contributed by atoms with van der Waals surface area (Å²) in [5, 5.41) is 6.25. The van der Waals surface area contributed by atoms with Gasteiger partial charge in [-0.05, 0) is 6.07 Å². The molecular weight excluding hydrogens is 311 g/mol. The van der Waals surface area contributed by atoms with Crippen LogP contribution in [0.2, 0.25) is 5.02 Å². The lowest BCUT2D eigenvalue weighted by Crippen LogP contribution is -2.22. The monoisotopic (exact) mass is 321 g/mol. The molecule has 0 aromatic carbocycles. The molecule has 2 heterocycles. The largest absolute Gasteiger partial charge is 0.417 e. The van der Waals surface area contributed by atoms with Gasteiger partial charge in [0.05, 0.1) is 17.1 Å². The topological polar surface area (TPSA) is 63.6 Å². The molecule has 0 bridgehead atoms. The van der Waals surface area contributed by atoms with E-state index in [2.05, 4.69) is 15.5 Å². The van der Waals surface area contributed by atoms with Crippen molar-refractivity contribution in [1.29, 1.82) is 0 Å². The molecule has 5 nitrogen and oxygen atoms in total. The van der Waals surface area contributed by atoms with Gasteiger partial charge in [0.15, 0.2) is 11.9 Å². The zero-order chi connectivity index (χ0) is 15.6. The van der Waals surface area contributed by atoms with Crippen LogP contribution in [0.5, 0.6) is 0 Å². The lowest BCUT2D eigenvalue weighted by molar-refractivity contribution is -0.137. The van der Waals surface area contributed by atoms with Gasteiger partial charge in [-0.1, -0.05) is 16.8 Å². The molecule has 0 saturated heterocycles. The first-order valence-corrected chi connectivity index (χ1v) is 6.35. The van der Waals surface area contributed by atoms with Gasteiger partial charge < -0.3 is 10.2 Å². The number of carbonyl (C=O) groups excluding carboxylic acids is 1. The van der Waals surface area contributed by atoms with Crippen LogP contribution in [0.4, 0.5) is 19.0 Å². The van der Waals surface area contributed by atoms with Crippen molar-refractivity contribution in [2.24, 2.45) is 5.16 Å². The number of alkyl halides is 3. The summed E-state index contributed by atoms with van der Waals surface area (Å²) >= 11 is 5.75. The standard InChI is InChI=1S/C12H11ClF3N3O2/c1-6(20)10-3-8(21-19-10)5-18-11-9(13)2-7(4-17-11)12(14,15)16/h2,4,8H,3,5H2,1H3,(H,17,18)/t8-/m1/s1. The van der Waals surface area contributed by atoms with Crippen molar-refractivity contribution < 1.29 is 22.8 Å². The van der Waals surface area contributed by atoms with E-state index in [-0.39, 0.29) is 29.3 Å². The second-order valence-electron chi connectivity index (χ2n) is 4.46. The van der Waals surface area contributed by atoms with Crippen LogP contribution in [0.15, 0.2) is 17.4 Å². The summed E-state index contributed by atoms with van der Waals surface area (Å²) < 4.78 is 37.4. The first-order chi connectivity index (χ1) is 9.77. The Labute approximate surface area is 123 Å². The van der Waals surface area contributed by atoms with E-state index in [4.69, 9.17) is 16.4 Å². The van der Waals surface area contributed by atoms with Crippen LogP contribution in [-0.2, 0) is 15.8 Å². The normalized spacial score (nSPS) is 18.1. The number of rotatable bonds is 4. The highest BCUT2D eigenvalue weighted by atomic mass is 35.5. The first kappa shape index (κ1) is 15.6. The number of Topliss-reactive ketones (excluding diaryl/α,β-unsaturated/α-hetero) is 1. The van der Waals surface area contributed by atoms with Gasteiger partial charge >= 0.3 is 6.18 Å². The number of ketones is 1. The fraction of sp³-hybridized carbons (Fsp3) is 0.417. The van der Waals surface area contributed by atoms with Gasteiger partial charge in [0.2, 0.25) is 0 Å². The molecule has 1 aliphatic rings. The molecule has 2 rings (SSSR count). The van der Waals surface area contributed by atoms with Gasteiger partial charge in [-0.3, -0.25) is 4.79 Å². The highest BCUT2D eigenvalue weighted by Crippen LogP contribution is 2.32. The van der Waals surface area contributed by atoms with Crippen molar-refractivity contribution in [1.82, 2.24) is 4.98 Å². The van der Waals surface area contributed by atoms with E-state index in [1.165, 1.54) is 6.92 Å². The van der Waals surface area contributed by atoms with Gasteiger partial charge in [-0.25, -0.2) is 4.98 Å². The van der Waals surface area contributed by atoms with Crippen molar-refractivity contribution in [3.05, 3.63) is 22.8 Å². The SMILES string of the molecule is CC(=O)C1=NO[C@@H](CNc2ncc(C(F)(F)F)cc2Cl)C1. The molecule has 114 valence electrons. The van der Waals surface area contributed by atoms with Crippen LogP contribution in [0.3, 0.4) is 0 Å². The van der Waals surface area contributed by atoms with Crippen molar-refractivity contribution in [2.45, 2.75) is 25.6 Å². The third-order valence-electron chi connectivity index (χ3n) is 2.81. The second-order valence-corrected chi connectivity index (χ2v) is 4.87. The minimum atomic E-state index is -4.49. The number of halogens is 4. The van der Waals surface area contributed by atoms with Gasteiger partial charge in [-0.15, -0.1) is 0 Å². The molecule has 21 heavy (non-hydrogen) atoms. The van der Waals surface area contributed by atoms with Crippen molar-refractivity contribution >= 4 is 28.9 Å². The van der Waals surface area contributed by atoms with Gasteiger partial charge in [-0.2, -0.15) is 13.2 Å². The summed E-state index contributed by atoms with van der Waals surface area (Å²) in [6, 6.07) is 0.796. The van der Waals surface area contributed by atoms with Gasteiger partial charge in [0, 0.05) is 19.5 Å². The Balaban J connectivity index is 1.95. The summed E-state index contributed by atoms with van der Waals surface area (Å²) in [4.78, 5) is 19.7. The number of nitrogens with one attached hydrogen (secondary N) is 1. The maximum Gasteiger partial charge on any atom is 0.417 e. The molecule has 0 amide bonds. The summed E-state index contributed by atoms with van der Waals surface area (Å²) in [7, 11) is 0. The predicted octanol–water partition coefficient (Wildman–Crippen LogP) is 2.90. The summed E-state index contributed by atoms with van der Waals surface area (Å²) in [5.41, 5.74) is -0.592. The predicted molar refractivity (Wildman–Crippen MR) is 70.3 cm³/mol. The van der Waals surface area contributed by atoms with E-state index >= 15 is 0 Å². The number of aromatic nitrogens is 1. The highest BCUT2D eigenvalue weighted by molar-refractivity contribution is 6.39. The maximum atomic E-state index is 12.5. The minimum Gasteiger partial charge on any atom is -0.390 e. The van der Waals surface area contributed by atoms with E-state index in [0.29, 0.717) is 18.3 Å². The maximum absolute atomic E-state index is 12.5. The number of carbonyl (C=O) groups is 1. The second kappa shape index (κ2) is 5.88. The Morgan fingerprint density at radius 3 is 2.81 bits per heavy atom. The Morgan fingerprint density at radius 2 is 2.29 bits per heavy atom. The molecule has 0 aliphatic carbocycles. The summed E-state index contributed by atoms with van der Waals surface area (Å²) in [5.74, 6) is -0.0623. The van der Waals surface area contributed by atoms with Crippen LogP contribution in [0.25, 0.3) is 0 Å². The number of anilines is 1. The fourth-order valence-electron chi connectivity index (χ4n) is 1.68. The highest BCUT2D eigenvalue weighted by Gasteiger charge is 2.31. The molecule has 0 saturated carbocycles. The van der Waals surface area contributed by atoms with Crippen LogP contribution in [0.1, 0.15) is 18.9 Å². The van der Waals surface area contributed by atoms with E-state index in [1.54, 1.807) is 0 Å². The summed E-state index contributed by atoms with van der Waals surface area (Å²) in [6.45, 7) is 1.60. The Kier molecular flexibility index (Phi) is 4.36. The Morgan fingerprint density at radius 1 is 1.57 bits per heavy atom. The van der Waals surface area contributed by atoms with E-state index in [0.717, 1.165) is 6.07 Å². The minimum absolute atomic E-state index is 0.115. The lowest BCUT2D eigenvalue weighted by Gasteiger charge is -2.13. The fourth-order valence-corrected chi connectivity index (χ4v) is 1.91. The Hall–Kier alpha value is -1.83. The molecule has 1 aromatic rings. The van der Waals surface area contributed by atoms with Gasteiger partial charge in [0.1, 0.15) is 11.5 Å². The number of hydrogen-bond donors (Lipinski definition) is 1. The third-order valence-corrected chi connectivity index (χ3v) is 3.09. The molecule has 1 aromatic heterocycles.